The second-order valence-corrected chi connectivity index (χ2v) is 8.41. The molecule has 0 saturated heterocycles. The number of thioether (sulfide) groups is 1. The third kappa shape index (κ3) is 4.46. The number of rotatable bonds is 5. The van der Waals surface area contributed by atoms with E-state index in [0.29, 0.717) is 16.9 Å². The Balaban J connectivity index is 1.58. The third-order valence-electron chi connectivity index (χ3n) is 4.13. The lowest BCUT2D eigenvalue weighted by Crippen LogP contribution is -2.21. The van der Waals surface area contributed by atoms with Gasteiger partial charge in [0.2, 0.25) is 5.13 Å². The highest BCUT2D eigenvalue weighted by atomic mass is 32.2. The summed E-state index contributed by atoms with van der Waals surface area (Å²) in [5, 5.41) is 22.2. The van der Waals surface area contributed by atoms with Gasteiger partial charge in [-0.1, -0.05) is 54.5 Å². The van der Waals surface area contributed by atoms with Crippen LogP contribution in [0.2, 0.25) is 0 Å². The zero-order valence-corrected chi connectivity index (χ0v) is 14.8. The van der Waals surface area contributed by atoms with Crippen LogP contribution >= 0.6 is 23.1 Å². The fraction of sp³-hybridized carbons (Fsp3) is 0.471. The summed E-state index contributed by atoms with van der Waals surface area (Å²) in [5.74, 6) is 0. The zero-order chi connectivity index (χ0) is 16.1. The fourth-order valence-electron chi connectivity index (χ4n) is 2.79. The van der Waals surface area contributed by atoms with Crippen LogP contribution in [0.1, 0.15) is 55.4 Å². The number of aromatic nitrogens is 2. The van der Waals surface area contributed by atoms with Gasteiger partial charge in [-0.2, -0.15) is 5.26 Å². The highest BCUT2D eigenvalue weighted by molar-refractivity contribution is 8.01. The van der Waals surface area contributed by atoms with E-state index < -0.39 is 0 Å². The van der Waals surface area contributed by atoms with Crippen LogP contribution in [0.3, 0.4) is 0 Å². The number of hydrogen-bond donors (Lipinski definition) is 1. The second-order valence-electron chi connectivity index (χ2n) is 5.85. The van der Waals surface area contributed by atoms with Crippen LogP contribution in [-0.2, 0) is 0 Å². The smallest absolute Gasteiger partial charge is 0.206 e. The molecule has 23 heavy (non-hydrogen) atoms. The van der Waals surface area contributed by atoms with Gasteiger partial charge in [0.15, 0.2) is 4.34 Å². The molecule has 3 rings (SSSR count). The molecule has 1 saturated carbocycles. The number of hydrogen-bond acceptors (Lipinski definition) is 6. The molecule has 6 heteroatoms. The number of nitrogens with one attached hydrogen (secondary N) is 1. The summed E-state index contributed by atoms with van der Waals surface area (Å²) in [6, 6.07) is 10.5. The molecule has 0 amide bonds. The van der Waals surface area contributed by atoms with Crippen LogP contribution in [0.25, 0.3) is 0 Å². The first kappa shape index (κ1) is 16.3. The first-order valence-electron chi connectivity index (χ1n) is 8.01. The lowest BCUT2D eigenvalue weighted by molar-refractivity contribution is 0.462. The maximum Gasteiger partial charge on any atom is 0.206 e. The van der Waals surface area contributed by atoms with Gasteiger partial charge in [-0.25, -0.2) is 0 Å². The lowest BCUT2D eigenvalue weighted by atomic mass is 9.96. The summed E-state index contributed by atoms with van der Waals surface area (Å²) < 4.78 is 0.986. The van der Waals surface area contributed by atoms with Gasteiger partial charge < -0.3 is 5.32 Å². The molecule has 1 aromatic carbocycles. The van der Waals surface area contributed by atoms with Crippen molar-refractivity contribution in [2.24, 2.45) is 0 Å². The maximum absolute atomic E-state index is 8.86. The summed E-state index contributed by atoms with van der Waals surface area (Å²) in [4.78, 5) is 0. The molecule has 120 valence electrons. The Morgan fingerprint density at radius 3 is 2.65 bits per heavy atom. The van der Waals surface area contributed by atoms with E-state index in [1.54, 1.807) is 23.1 Å². The SMILES string of the molecule is C[C@@H](Sc1nnc(NC2CCCCC2)s1)c1ccc(C#N)cc1. The predicted octanol–water partition coefficient (Wildman–Crippen LogP) is 5.01. The van der Waals surface area contributed by atoms with Crippen LogP contribution in [0, 0.1) is 11.3 Å². The van der Waals surface area contributed by atoms with Crippen LogP contribution in [0.15, 0.2) is 28.6 Å². The van der Waals surface area contributed by atoms with Gasteiger partial charge in [0.25, 0.3) is 0 Å². The molecule has 1 aromatic heterocycles. The van der Waals surface area contributed by atoms with E-state index in [9.17, 15) is 0 Å². The van der Waals surface area contributed by atoms with Crippen LogP contribution in [-0.4, -0.2) is 16.2 Å². The molecular weight excluding hydrogens is 324 g/mol. The highest BCUT2D eigenvalue weighted by Gasteiger charge is 2.16. The minimum atomic E-state index is 0.290. The molecule has 0 spiro atoms. The average Bonchev–Trinajstić information content (AvgIpc) is 3.02. The lowest BCUT2D eigenvalue weighted by Gasteiger charge is -2.21. The van der Waals surface area contributed by atoms with Crippen LogP contribution in [0.5, 0.6) is 0 Å². The Morgan fingerprint density at radius 1 is 1.22 bits per heavy atom. The Hall–Kier alpha value is -1.58. The van der Waals surface area contributed by atoms with Crippen LogP contribution in [0.4, 0.5) is 5.13 Å². The summed E-state index contributed by atoms with van der Waals surface area (Å²) in [6.07, 6.45) is 6.46. The van der Waals surface area contributed by atoms with Gasteiger partial charge in [-0.05, 0) is 37.5 Å². The van der Waals surface area contributed by atoms with E-state index in [1.165, 1.54) is 37.7 Å². The third-order valence-corrected chi connectivity index (χ3v) is 6.22. The Labute approximate surface area is 145 Å². The largest absolute Gasteiger partial charge is 0.357 e. The molecule has 0 aliphatic heterocycles. The molecule has 0 bridgehead atoms. The molecule has 2 aromatic rings. The summed E-state index contributed by atoms with van der Waals surface area (Å²) >= 11 is 3.35. The maximum atomic E-state index is 8.86. The molecule has 1 atom stereocenters. The van der Waals surface area contributed by atoms with E-state index in [1.807, 2.05) is 24.3 Å². The molecule has 1 fully saturated rings. The standard InChI is InChI=1S/C17H20N4S2/c1-12(14-9-7-13(11-18)8-10-14)22-17-21-20-16(23-17)19-15-5-3-2-4-6-15/h7-10,12,15H,2-6H2,1H3,(H,19,20)/t12-/m1/s1. The number of nitrogens with zero attached hydrogens (tertiary/aromatic N) is 3. The molecule has 1 aliphatic rings. The van der Waals surface area contributed by atoms with E-state index in [2.05, 4.69) is 28.5 Å². The monoisotopic (exact) mass is 344 g/mol. The van der Waals surface area contributed by atoms with Gasteiger partial charge in [-0.15, -0.1) is 10.2 Å². The number of benzene rings is 1. The van der Waals surface area contributed by atoms with Gasteiger partial charge in [0, 0.05) is 11.3 Å². The fourth-order valence-corrected chi connectivity index (χ4v) is 4.89. The van der Waals surface area contributed by atoms with E-state index >= 15 is 0 Å². The normalized spacial score (nSPS) is 16.7. The van der Waals surface area contributed by atoms with Gasteiger partial charge >= 0.3 is 0 Å². The van der Waals surface area contributed by atoms with Crippen LogP contribution < -0.4 is 5.32 Å². The molecule has 4 nitrogen and oxygen atoms in total. The molecule has 1 aliphatic carbocycles. The van der Waals surface area contributed by atoms with Crippen molar-refractivity contribution in [2.75, 3.05) is 5.32 Å². The van der Waals surface area contributed by atoms with Crippen molar-refractivity contribution in [3.63, 3.8) is 0 Å². The Bertz CT molecular complexity index is 669. The first-order chi connectivity index (χ1) is 11.2. The van der Waals surface area contributed by atoms with E-state index in [4.69, 9.17) is 5.26 Å². The molecule has 1 heterocycles. The number of nitriles is 1. The summed E-state index contributed by atoms with van der Waals surface area (Å²) in [7, 11) is 0. The van der Waals surface area contributed by atoms with Gasteiger partial charge in [0.1, 0.15) is 0 Å². The molecule has 1 N–H and O–H groups in total. The van der Waals surface area contributed by atoms with Gasteiger partial charge in [-0.3, -0.25) is 0 Å². The van der Waals surface area contributed by atoms with Crippen molar-refractivity contribution >= 4 is 28.2 Å². The van der Waals surface area contributed by atoms with Crippen molar-refractivity contribution < 1.29 is 0 Å². The second kappa shape index (κ2) is 7.80. The quantitative estimate of drug-likeness (QED) is 0.773. The van der Waals surface area contributed by atoms with Crippen molar-refractivity contribution in [3.05, 3.63) is 35.4 Å². The topological polar surface area (TPSA) is 61.6 Å². The van der Waals surface area contributed by atoms with Crippen molar-refractivity contribution in [3.8, 4) is 6.07 Å². The number of anilines is 1. The van der Waals surface area contributed by atoms with Crippen molar-refractivity contribution in [1.29, 1.82) is 5.26 Å². The Morgan fingerprint density at radius 2 is 1.96 bits per heavy atom. The Kier molecular flexibility index (Phi) is 5.52. The first-order valence-corrected chi connectivity index (χ1v) is 9.71. The average molecular weight is 345 g/mol. The molecule has 0 unspecified atom stereocenters. The van der Waals surface area contributed by atoms with Crippen molar-refractivity contribution in [2.45, 2.75) is 54.7 Å². The van der Waals surface area contributed by atoms with Gasteiger partial charge in [0.05, 0.1) is 11.6 Å². The zero-order valence-electron chi connectivity index (χ0n) is 13.2. The summed E-state index contributed by atoms with van der Waals surface area (Å²) in [5.41, 5.74) is 1.90. The van der Waals surface area contributed by atoms with E-state index in [-0.39, 0.29) is 0 Å². The summed E-state index contributed by atoms with van der Waals surface area (Å²) in [6.45, 7) is 2.15. The minimum absolute atomic E-state index is 0.290. The van der Waals surface area contributed by atoms with Crippen molar-refractivity contribution in [1.82, 2.24) is 10.2 Å². The molecular formula is C17H20N4S2. The minimum Gasteiger partial charge on any atom is -0.357 e. The highest BCUT2D eigenvalue weighted by Crippen LogP contribution is 2.37. The van der Waals surface area contributed by atoms with E-state index in [0.717, 1.165) is 9.47 Å². The molecule has 0 radical (unpaired) electrons. The predicted molar refractivity (Wildman–Crippen MR) is 95.8 cm³/mol.